The fraction of sp³-hybridized carbons (Fsp3) is 0.514. The highest BCUT2D eigenvalue weighted by Crippen LogP contribution is 2.40. The van der Waals surface area contributed by atoms with E-state index >= 15 is 0 Å². The molecule has 0 bridgehead atoms. The Balaban J connectivity index is 1.14. The molecular formula is C35H42N6O2. The molecule has 4 aliphatic heterocycles. The highest BCUT2D eigenvalue weighted by Gasteiger charge is 2.45. The Morgan fingerprint density at radius 3 is 2.63 bits per heavy atom. The first-order valence-electron chi connectivity index (χ1n) is 16.4. The molecular weight excluding hydrogens is 536 g/mol. The molecule has 8 nitrogen and oxygen atoms in total. The smallest absolute Gasteiger partial charge is 0.318 e. The van der Waals surface area contributed by atoms with Gasteiger partial charge in [-0.25, -0.2) is 0 Å². The topological polar surface area (TPSA) is 70.8 Å². The first-order valence-corrected chi connectivity index (χ1v) is 16.4. The predicted octanol–water partition coefficient (Wildman–Crippen LogP) is 6.13. The van der Waals surface area contributed by atoms with Crippen molar-refractivity contribution in [2.45, 2.75) is 76.3 Å². The molecule has 0 saturated carbocycles. The lowest BCUT2D eigenvalue weighted by atomic mass is 9.94. The van der Waals surface area contributed by atoms with Crippen molar-refractivity contribution >= 4 is 22.3 Å². The zero-order chi connectivity index (χ0) is 28.8. The van der Waals surface area contributed by atoms with Crippen molar-refractivity contribution < 1.29 is 9.26 Å². The van der Waals surface area contributed by atoms with E-state index in [1.807, 2.05) is 6.07 Å². The molecule has 0 amide bonds. The van der Waals surface area contributed by atoms with E-state index < -0.39 is 0 Å². The second kappa shape index (κ2) is 11.1. The van der Waals surface area contributed by atoms with Crippen molar-refractivity contribution in [3.05, 3.63) is 71.2 Å². The molecule has 8 rings (SSSR count). The lowest BCUT2D eigenvalue weighted by molar-refractivity contribution is 0.107. The molecule has 3 saturated heterocycles. The van der Waals surface area contributed by atoms with Gasteiger partial charge >= 0.3 is 6.01 Å². The van der Waals surface area contributed by atoms with Crippen LogP contribution >= 0.6 is 0 Å². The van der Waals surface area contributed by atoms with Crippen molar-refractivity contribution in [2.75, 3.05) is 49.1 Å². The molecule has 2 aromatic carbocycles. The van der Waals surface area contributed by atoms with E-state index in [1.54, 1.807) is 6.20 Å². The third kappa shape index (κ3) is 4.84. The van der Waals surface area contributed by atoms with E-state index in [2.05, 4.69) is 63.2 Å². The van der Waals surface area contributed by atoms with Gasteiger partial charge in [-0.1, -0.05) is 42.4 Å². The predicted molar refractivity (Wildman–Crippen MR) is 169 cm³/mol. The number of nitrogens with zero attached hydrogens (tertiary/aromatic N) is 6. The summed E-state index contributed by atoms with van der Waals surface area (Å²) in [6, 6.07) is 15.9. The summed E-state index contributed by atoms with van der Waals surface area (Å²) in [5.41, 5.74) is 5.24. The van der Waals surface area contributed by atoms with E-state index in [-0.39, 0.29) is 5.54 Å². The average Bonchev–Trinajstić information content (AvgIpc) is 3.81. The maximum Gasteiger partial charge on any atom is 0.318 e. The van der Waals surface area contributed by atoms with Crippen LogP contribution in [0.3, 0.4) is 0 Å². The third-order valence-electron chi connectivity index (χ3n) is 10.6. The lowest BCUT2D eigenvalue weighted by Crippen LogP contribution is -2.43. The standard InChI is InChI=1S/C35H42N6O2/c1-2-25-8-3-9-26-10-4-12-30(32(25)26)39-21-14-28-29(23-39)37-34(42-24-35-15-6-19-41(35)20-7-16-35)38-33(28)40-18-5-11-27(22-40)31-13-17-36-43-31/h3-4,8-10,12-13,17,27H,2,5-7,11,14-16,18-24H2,1H3. The number of piperidine rings is 1. The van der Waals surface area contributed by atoms with Crippen LogP contribution in [-0.2, 0) is 19.4 Å². The van der Waals surface area contributed by atoms with Crippen LogP contribution in [0.2, 0.25) is 0 Å². The molecule has 0 spiro atoms. The zero-order valence-electron chi connectivity index (χ0n) is 25.3. The number of hydrogen-bond donors (Lipinski definition) is 0. The summed E-state index contributed by atoms with van der Waals surface area (Å²) in [5, 5.41) is 6.66. The van der Waals surface area contributed by atoms with E-state index in [1.165, 1.54) is 66.4 Å². The fourth-order valence-electron chi connectivity index (χ4n) is 8.37. The van der Waals surface area contributed by atoms with Crippen molar-refractivity contribution in [1.29, 1.82) is 0 Å². The normalized spacial score (nSPS) is 21.7. The molecule has 8 heteroatoms. The van der Waals surface area contributed by atoms with E-state index in [0.29, 0.717) is 18.5 Å². The number of rotatable bonds is 7. The number of hydrogen-bond acceptors (Lipinski definition) is 8. The molecule has 1 atom stereocenters. The number of fused-ring (bicyclic) bond motifs is 3. The van der Waals surface area contributed by atoms with Crippen LogP contribution in [0.15, 0.2) is 53.2 Å². The molecule has 0 aliphatic carbocycles. The largest absolute Gasteiger partial charge is 0.461 e. The molecule has 224 valence electrons. The van der Waals surface area contributed by atoms with Crippen LogP contribution in [0.25, 0.3) is 10.8 Å². The van der Waals surface area contributed by atoms with Gasteiger partial charge in [-0.3, -0.25) is 4.90 Å². The maximum absolute atomic E-state index is 6.60. The summed E-state index contributed by atoms with van der Waals surface area (Å²) in [6.07, 6.45) is 10.8. The molecule has 1 unspecified atom stereocenters. The zero-order valence-corrected chi connectivity index (χ0v) is 25.3. The Morgan fingerprint density at radius 2 is 1.81 bits per heavy atom. The van der Waals surface area contributed by atoms with Gasteiger partial charge in [0.15, 0.2) is 0 Å². The number of anilines is 2. The quantitative estimate of drug-likeness (QED) is 0.259. The van der Waals surface area contributed by atoms with Gasteiger partial charge in [-0.2, -0.15) is 9.97 Å². The van der Waals surface area contributed by atoms with Crippen LogP contribution in [0.5, 0.6) is 6.01 Å². The molecule has 4 aromatic rings. The summed E-state index contributed by atoms with van der Waals surface area (Å²) in [5.74, 6) is 2.35. The van der Waals surface area contributed by atoms with Gasteiger partial charge in [0, 0.05) is 48.3 Å². The summed E-state index contributed by atoms with van der Waals surface area (Å²) in [7, 11) is 0. The summed E-state index contributed by atoms with van der Waals surface area (Å²) >= 11 is 0. The first-order chi connectivity index (χ1) is 21.2. The average molecular weight is 579 g/mol. The number of ether oxygens (including phenoxy) is 1. The number of aryl methyl sites for hydroxylation is 1. The Hall–Kier alpha value is -3.65. The Bertz CT molecular complexity index is 1590. The van der Waals surface area contributed by atoms with E-state index in [4.69, 9.17) is 19.2 Å². The second-order valence-electron chi connectivity index (χ2n) is 13.0. The lowest BCUT2D eigenvalue weighted by Gasteiger charge is -2.37. The van der Waals surface area contributed by atoms with E-state index in [0.717, 1.165) is 69.1 Å². The van der Waals surface area contributed by atoms with Crippen LogP contribution < -0.4 is 14.5 Å². The molecule has 2 aromatic heterocycles. The van der Waals surface area contributed by atoms with Gasteiger partial charge in [0.25, 0.3) is 0 Å². The highest BCUT2D eigenvalue weighted by atomic mass is 16.5. The minimum atomic E-state index is 0.160. The Kier molecular flexibility index (Phi) is 6.97. The summed E-state index contributed by atoms with van der Waals surface area (Å²) in [6.45, 7) is 8.87. The first kappa shape index (κ1) is 26.9. The molecule has 6 heterocycles. The van der Waals surface area contributed by atoms with E-state index in [9.17, 15) is 0 Å². The SMILES string of the molecule is CCc1cccc2cccc(N3CCc4c(nc(OCC56CCCN5CCC6)nc4N4CCCC(c5ccno5)C4)C3)c12. The Labute approximate surface area is 254 Å². The van der Waals surface area contributed by atoms with Crippen molar-refractivity contribution in [3.8, 4) is 6.01 Å². The highest BCUT2D eigenvalue weighted by molar-refractivity contribution is 5.97. The number of aromatic nitrogens is 3. The maximum atomic E-state index is 6.60. The van der Waals surface area contributed by atoms with Crippen LogP contribution in [0, 0.1) is 0 Å². The van der Waals surface area contributed by atoms with Gasteiger partial charge in [0.2, 0.25) is 0 Å². The fourth-order valence-corrected chi connectivity index (χ4v) is 8.37. The summed E-state index contributed by atoms with van der Waals surface area (Å²) < 4.78 is 12.2. The van der Waals surface area contributed by atoms with Gasteiger partial charge in [0.05, 0.1) is 24.0 Å². The second-order valence-corrected chi connectivity index (χ2v) is 13.0. The summed E-state index contributed by atoms with van der Waals surface area (Å²) in [4.78, 5) is 18.0. The van der Waals surface area contributed by atoms with Gasteiger partial charge < -0.3 is 19.1 Å². The van der Waals surface area contributed by atoms with Crippen LogP contribution in [0.1, 0.15) is 73.9 Å². The monoisotopic (exact) mass is 578 g/mol. The Morgan fingerprint density at radius 1 is 0.953 bits per heavy atom. The third-order valence-corrected chi connectivity index (χ3v) is 10.6. The minimum Gasteiger partial charge on any atom is -0.461 e. The molecule has 43 heavy (non-hydrogen) atoms. The molecule has 3 fully saturated rings. The van der Waals surface area contributed by atoms with Gasteiger partial charge in [0.1, 0.15) is 18.2 Å². The van der Waals surface area contributed by atoms with Crippen LogP contribution in [-0.4, -0.2) is 64.9 Å². The van der Waals surface area contributed by atoms with Gasteiger partial charge in [-0.15, -0.1) is 0 Å². The minimum absolute atomic E-state index is 0.160. The molecule has 4 aliphatic rings. The van der Waals surface area contributed by atoms with Crippen molar-refractivity contribution in [3.63, 3.8) is 0 Å². The number of benzene rings is 2. The van der Waals surface area contributed by atoms with Crippen molar-refractivity contribution in [2.24, 2.45) is 0 Å². The molecule has 0 N–H and O–H groups in total. The van der Waals surface area contributed by atoms with Crippen molar-refractivity contribution in [1.82, 2.24) is 20.0 Å². The van der Waals surface area contributed by atoms with Gasteiger partial charge in [-0.05, 0) is 81.5 Å². The molecule has 0 radical (unpaired) electrons. The van der Waals surface area contributed by atoms with Crippen LogP contribution in [0.4, 0.5) is 11.5 Å².